The molecule has 8 heteroatoms. The van der Waals surface area contributed by atoms with Gasteiger partial charge in [0.1, 0.15) is 0 Å². The largest absolute Gasteiger partial charge is 0.493 e. The number of hydrogen-bond acceptors (Lipinski definition) is 6. The van der Waals surface area contributed by atoms with Crippen LogP contribution in [0.25, 0.3) is 0 Å². The lowest BCUT2D eigenvalue weighted by Gasteiger charge is -2.45. The fourth-order valence-corrected chi connectivity index (χ4v) is 5.27. The van der Waals surface area contributed by atoms with Gasteiger partial charge in [0.25, 0.3) is 5.91 Å². The lowest BCUT2D eigenvalue weighted by atomic mass is 9.75. The molecule has 0 aromatic heterocycles. The highest BCUT2D eigenvalue weighted by molar-refractivity contribution is 6.05. The molecule has 0 radical (unpaired) electrons. The van der Waals surface area contributed by atoms with Crippen molar-refractivity contribution >= 4 is 17.5 Å². The molecule has 36 heavy (non-hydrogen) atoms. The molecule has 2 aliphatic rings. The topological polar surface area (TPSA) is 86.3 Å². The minimum absolute atomic E-state index is 0.124. The van der Waals surface area contributed by atoms with Crippen LogP contribution in [-0.4, -0.2) is 51.7 Å². The van der Waals surface area contributed by atoms with Gasteiger partial charge in [-0.1, -0.05) is 24.3 Å². The van der Waals surface area contributed by atoms with Gasteiger partial charge >= 0.3 is 0 Å². The molecule has 0 saturated carbocycles. The average molecular weight is 489 g/mol. The Balaban J connectivity index is 1.64. The number of rotatable bonds is 6. The van der Waals surface area contributed by atoms with Crippen molar-refractivity contribution in [2.24, 2.45) is 0 Å². The van der Waals surface area contributed by atoms with Gasteiger partial charge in [0.2, 0.25) is 5.91 Å². The van der Waals surface area contributed by atoms with E-state index in [1.165, 1.54) is 14.2 Å². The van der Waals surface area contributed by atoms with Gasteiger partial charge in [-0.25, -0.2) is 0 Å². The van der Waals surface area contributed by atoms with Crippen molar-refractivity contribution in [2.75, 3.05) is 40.3 Å². The zero-order valence-electron chi connectivity index (χ0n) is 20.7. The number of nitrogens with one attached hydrogen (secondary N) is 1. The van der Waals surface area contributed by atoms with Crippen molar-refractivity contribution in [3.05, 3.63) is 76.9 Å². The summed E-state index contributed by atoms with van der Waals surface area (Å²) in [4.78, 5) is 29.5. The number of ether oxygens (including phenoxy) is 4. The predicted octanol–water partition coefficient (Wildman–Crippen LogP) is 4.20. The number of fused-ring (bicyclic) bond motifs is 4. The van der Waals surface area contributed by atoms with E-state index in [0.29, 0.717) is 46.4 Å². The van der Waals surface area contributed by atoms with Crippen LogP contribution in [0.5, 0.6) is 23.0 Å². The van der Waals surface area contributed by atoms with Crippen LogP contribution in [0.1, 0.15) is 39.0 Å². The van der Waals surface area contributed by atoms with Crippen molar-refractivity contribution in [1.82, 2.24) is 4.90 Å². The maximum absolute atomic E-state index is 14.0. The Bertz CT molecular complexity index is 1340. The highest BCUT2D eigenvalue weighted by Gasteiger charge is 2.47. The summed E-state index contributed by atoms with van der Waals surface area (Å²) < 4.78 is 21.7. The van der Waals surface area contributed by atoms with Crippen molar-refractivity contribution < 1.29 is 28.5 Å². The molecule has 0 fully saturated rings. The number of carbonyl (C=O) groups is 2. The minimum Gasteiger partial charge on any atom is -0.493 e. The molecule has 186 valence electrons. The fourth-order valence-electron chi connectivity index (χ4n) is 5.27. The Morgan fingerprint density at radius 3 is 2.22 bits per heavy atom. The molecule has 2 heterocycles. The maximum atomic E-state index is 14.0. The first-order valence-corrected chi connectivity index (χ1v) is 11.7. The number of carbonyl (C=O) groups excluding carboxylic acids is 2. The van der Waals surface area contributed by atoms with Crippen LogP contribution in [0.15, 0.2) is 54.6 Å². The molecule has 0 aliphatic carbocycles. The van der Waals surface area contributed by atoms with Crippen LogP contribution in [0.3, 0.4) is 0 Å². The van der Waals surface area contributed by atoms with Crippen LogP contribution < -0.4 is 24.3 Å². The monoisotopic (exact) mass is 488 g/mol. The van der Waals surface area contributed by atoms with Gasteiger partial charge in [0, 0.05) is 23.9 Å². The Morgan fingerprint density at radius 1 is 0.833 bits per heavy atom. The van der Waals surface area contributed by atoms with Gasteiger partial charge in [-0.2, -0.15) is 0 Å². The SMILES string of the molecule is COc1ccc(NC(=O)C2c3cc(OC)c(OC)cc3C(=O)N3CCc4ccccc4C23)cc1OC. The molecule has 2 aliphatic heterocycles. The fraction of sp³-hybridized carbons (Fsp3) is 0.286. The quantitative estimate of drug-likeness (QED) is 0.560. The molecule has 0 saturated heterocycles. The molecule has 8 nitrogen and oxygen atoms in total. The smallest absolute Gasteiger partial charge is 0.254 e. The molecule has 2 amide bonds. The number of anilines is 1. The summed E-state index contributed by atoms with van der Waals surface area (Å²) in [7, 11) is 6.17. The van der Waals surface area contributed by atoms with E-state index in [2.05, 4.69) is 11.4 Å². The van der Waals surface area contributed by atoms with E-state index in [-0.39, 0.29) is 11.8 Å². The molecular formula is C28H28N2O6. The van der Waals surface area contributed by atoms with Gasteiger partial charge < -0.3 is 29.2 Å². The second-order valence-electron chi connectivity index (χ2n) is 8.72. The van der Waals surface area contributed by atoms with Crippen LogP contribution >= 0.6 is 0 Å². The summed E-state index contributed by atoms with van der Waals surface area (Å²) in [6.45, 7) is 0.522. The van der Waals surface area contributed by atoms with E-state index in [4.69, 9.17) is 18.9 Å². The van der Waals surface area contributed by atoms with Crippen LogP contribution in [0.2, 0.25) is 0 Å². The van der Waals surface area contributed by atoms with Crippen molar-refractivity contribution in [3.8, 4) is 23.0 Å². The summed E-state index contributed by atoms with van der Waals surface area (Å²) in [6, 6.07) is 16.2. The third-order valence-corrected chi connectivity index (χ3v) is 6.96. The van der Waals surface area contributed by atoms with Gasteiger partial charge in [-0.3, -0.25) is 9.59 Å². The Morgan fingerprint density at radius 2 is 1.50 bits per heavy atom. The summed E-state index contributed by atoms with van der Waals surface area (Å²) in [5, 5.41) is 3.04. The third kappa shape index (κ3) is 3.79. The molecule has 1 N–H and O–H groups in total. The van der Waals surface area contributed by atoms with E-state index >= 15 is 0 Å². The number of methoxy groups -OCH3 is 4. The number of benzene rings is 3. The van der Waals surface area contributed by atoms with Gasteiger partial charge in [-0.15, -0.1) is 0 Å². The second kappa shape index (κ2) is 9.45. The van der Waals surface area contributed by atoms with E-state index < -0.39 is 12.0 Å². The zero-order valence-corrected chi connectivity index (χ0v) is 20.7. The Labute approximate surface area is 209 Å². The van der Waals surface area contributed by atoms with E-state index in [1.54, 1.807) is 49.5 Å². The Hall–Kier alpha value is -4.20. The first kappa shape index (κ1) is 23.5. The average Bonchev–Trinajstić information content (AvgIpc) is 2.92. The van der Waals surface area contributed by atoms with E-state index in [0.717, 1.165) is 17.5 Å². The lowest BCUT2D eigenvalue weighted by Crippen LogP contribution is -2.49. The Kier molecular flexibility index (Phi) is 6.18. The molecular weight excluding hydrogens is 460 g/mol. The van der Waals surface area contributed by atoms with Gasteiger partial charge in [-0.05, 0) is 47.4 Å². The molecule has 3 aromatic carbocycles. The second-order valence-corrected chi connectivity index (χ2v) is 8.72. The standard InChI is InChI=1S/C28H28N2O6/c1-33-21-10-9-17(13-22(21)34-2)29-27(31)25-19-14-23(35-3)24(36-4)15-20(19)28(32)30-12-11-16-7-5-6-8-18(16)26(25)30/h5-10,13-15,25-26H,11-12H2,1-4H3,(H,29,31). The van der Waals surface area contributed by atoms with E-state index in [1.807, 2.05) is 18.2 Å². The third-order valence-electron chi connectivity index (χ3n) is 6.96. The molecule has 5 rings (SSSR count). The number of nitrogens with zero attached hydrogens (tertiary/aromatic N) is 1. The summed E-state index contributed by atoms with van der Waals surface area (Å²) in [5.41, 5.74) is 3.72. The first-order valence-electron chi connectivity index (χ1n) is 11.7. The minimum atomic E-state index is -0.674. The predicted molar refractivity (Wildman–Crippen MR) is 134 cm³/mol. The van der Waals surface area contributed by atoms with E-state index in [9.17, 15) is 9.59 Å². The van der Waals surface area contributed by atoms with Gasteiger partial charge in [0.05, 0.1) is 40.4 Å². The highest BCUT2D eigenvalue weighted by atomic mass is 16.5. The van der Waals surface area contributed by atoms with Crippen LogP contribution in [-0.2, 0) is 11.2 Å². The van der Waals surface area contributed by atoms with Crippen molar-refractivity contribution in [1.29, 1.82) is 0 Å². The summed E-state index contributed by atoms with van der Waals surface area (Å²) in [5.74, 6) is 0.937. The van der Waals surface area contributed by atoms with Crippen molar-refractivity contribution in [3.63, 3.8) is 0 Å². The number of amides is 2. The van der Waals surface area contributed by atoms with Crippen molar-refractivity contribution in [2.45, 2.75) is 18.4 Å². The summed E-state index contributed by atoms with van der Waals surface area (Å²) in [6.07, 6.45) is 0.727. The molecule has 2 atom stereocenters. The first-order chi connectivity index (χ1) is 17.5. The van der Waals surface area contributed by atoms with Gasteiger partial charge in [0.15, 0.2) is 23.0 Å². The highest BCUT2D eigenvalue weighted by Crippen LogP contribution is 2.48. The zero-order chi connectivity index (χ0) is 25.4. The number of hydrogen-bond donors (Lipinski definition) is 1. The lowest BCUT2D eigenvalue weighted by molar-refractivity contribution is -0.119. The molecule has 0 bridgehead atoms. The maximum Gasteiger partial charge on any atom is 0.254 e. The summed E-state index contributed by atoms with van der Waals surface area (Å²) >= 11 is 0. The van der Waals surface area contributed by atoms with Crippen LogP contribution in [0.4, 0.5) is 5.69 Å². The molecule has 3 aromatic rings. The normalized spacial score (nSPS) is 17.9. The molecule has 2 unspecified atom stereocenters. The van der Waals surface area contributed by atoms with Crippen LogP contribution in [0, 0.1) is 0 Å². The molecule has 0 spiro atoms.